The first kappa shape index (κ1) is 20.4. The molecule has 0 aliphatic rings. The highest BCUT2D eigenvalue weighted by atomic mass is 32.2. The molecule has 4 aromatic rings. The van der Waals surface area contributed by atoms with Crippen LogP contribution in [0.3, 0.4) is 0 Å². The number of para-hydroxylation sites is 1. The molecule has 0 unspecified atom stereocenters. The van der Waals surface area contributed by atoms with Crippen LogP contribution in [0.5, 0.6) is 0 Å². The minimum absolute atomic E-state index is 0.0604. The zero-order chi connectivity index (χ0) is 20.8. The van der Waals surface area contributed by atoms with Crippen molar-refractivity contribution in [2.45, 2.75) is 24.8 Å². The maximum Gasteiger partial charge on any atom is 0.261 e. The Balaban J connectivity index is 1.62. The highest BCUT2D eigenvalue weighted by Crippen LogP contribution is 2.27. The molecule has 2 heterocycles. The summed E-state index contributed by atoms with van der Waals surface area (Å²) in [5, 5.41) is 9.78. The van der Waals surface area contributed by atoms with Crippen molar-refractivity contribution in [3.05, 3.63) is 88.7 Å². The Morgan fingerprint density at radius 1 is 1.07 bits per heavy atom. The molecule has 2 aromatic heterocycles. The highest BCUT2D eigenvalue weighted by molar-refractivity contribution is 7.99. The molecular weight excluding hydrogens is 410 g/mol. The molecule has 0 fully saturated rings. The average Bonchev–Trinajstić information content (AvgIpc) is 3.47. The summed E-state index contributed by atoms with van der Waals surface area (Å²) in [6.45, 7) is 2.61. The molecule has 0 spiro atoms. The molecule has 0 radical (unpaired) electrons. The number of thiophene rings is 1. The van der Waals surface area contributed by atoms with E-state index in [0.29, 0.717) is 11.4 Å². The van der Waals surface area contributed by atoms with Crippen LogP contribution in [0.2, 0.25) is 0 Å². The van der Waals surface area contributed by atoms with Gasteiger partial charge in [0.25, 0.3) is 5.91 Å². The standard InChI is InChI=1S/C24H23N3OS2/c1-2-14-29-21-12-10-18(11-13-21)23-19(16-25-24(28)22-9-6-15-30-22)17-27(26-23)20-7-4-3-5-8-20/h3-13,15,17H,2,14,16H2,1H3,(H,25,28). The molecule has 4 nitrogen and oxygen atoms in total. The lowest BCUT2D eigenvalue weighted by molar-refractivity contribution is 0.0955. The van der Waals surface area contributed by atoms with E-state index in [1.807, 2.05) is 70.5 Å². The molecule has 30 heavy (non-hydrogen) atoms. The Morgan fingerprint density at radius 2 is 1.87 bits per heavy atom. The van der Waals surface area contributed by atoms with Crippen LogP contribution in [0.1, 0.15) is 28.6 Å². The van der Waals surface area contributed by atoms with Gasteiger partial charge in [0, 0.05) is 28.8 Å². The second-order valence-electron chi connectivity index (χ2n) is 6.82. The number of hydrogen-bond donors (Lipinski definition) is 1. The molecular formula is C24H23N3OS2. The van der Waals surface area contributed by atoms with Crippen LogP contribution in [0.4, 0.5) is 0 Å². The number of amides is 1. The number of nitrogens with one attached hydrogen (secondary N) is 1. The molecule has 0 atom stereocenters. The fraction of sp³-hybridized carbons (Fsp3) is 0.167. The van der Waals surface area contributed by atoms with E-state index in [0.717, 1.165) is 34.7 Å². The van der Waals surface area contributed by atoms with Crippen LogP contribution in [-0.2, 0) is 6.54 Å². The molecule has 4 rings (SSSR count). The van der Waals surface area contributed by atoms with Crippen molar-refractivity contribution in [1.82, 2.24) is 15.1 Å². The van der Waals surface area contributed by atoms with Crippen molar-refractivity contribution in [3.63, 3.8) is 0 Å². The predicted octanol–water partition coefficient (Wildman–Crippen LogP) is 6.03. The van der Waals surface area contributed by atoms with E-state index < -0.39 is 0 Å². The van der Waals surface area contributed by atoms with Gasteiger partial charge in [-0.1, -0.05) is 43.3 Å². The number of aromatic nitrogens is 2. The molecule has 0 bridgehead atoms. The van der Waals surface area contributed by atoms with E-state index in [1.165, 1.54) is 16.2 Å². The summed E-state index contributed by atoms with van der Waals surface area (Å²) in [7, 11) is 0. The first-order valence-corrected chi connectivity index (χ1v) is 11.8. The molecule has 0 aliphatic carbocycles. The minimum atomic E-state index is -0.0604. The zero-order valence-corrected chi connectivity index (χ0v) is 18.4. The Hall–Kier alpha value is -2.83. The first-order valence-electron chi connectivity index (χ1n) is 9.93. The van der Waals surface area contributed by atoms with Gasteiger partial charge in [0.2, 0.25) is 0 Å². The van der Waals surface area contributed by atoms with Crippen molar-refractivity contribution in [2.24, 2.45) is 0 Å². The van der Waals surface area contributed by atoms with Crippen molar-refractivity contribution >= 4 is 29.0 Å². The second-order valence-corrected chi connectivity index (χ2v) is 8.93. The molecule has 0 aliphatic heterocycles. The molecule has 0 saturated heterocycles. The van der Waals surface area contributed by atoms with E-state index in [1.54, 1.807) is 0 Å². The summed E-state index contributed by atoms with van der Waals surface area (Å²) in [6, 6.07) is 22.3. The number of carbonyl (C=O) groups is 1. The lowest BCUT2D eigenvalue weighted by Crippen LogP contribution is -2.21. The molecule has 0 saturated carbocycles. The third kappa shape index (κ3) is 4.83. The van der Waals surface area contributed by atoms with Gasteiger partial charge in [-0.15, -0.1) is 23.1 Å². The summed E-state index contributed by atoms with van der Waals surface area (Å²) in [5.41, 5.74) is 3.91. The third-order valence-corrected chi connectivity index (χ3v) is 6.68. The fourth-order valence-electron chi connectivity index (χ4n) is 3.09. The third-order valence-electron chi connectivity index (χ3n) is 4.60. The Morgan fingerprint density at radius 3 is 2.57 bits per heavy atom. The van der Waals surface area contributed by atoms with E-state index in [4.69, 9.17) is 5.10 Å². The monoisotopic (exact) mass is 433 g/mol. The van der Waals surface area contributed by atoms with Crippen LogP contribution < -0.4 is 5.32 Å². The van der Waals surface area contributed by atoms with E-state index in [2.05, 4.69) is 36.5 Å². The number of thioether (sulfide) groups is 1. The van der Waals surface area contributed by atoms with Crippen LogP contribution in [0.15, 0.2) is 83.2 Å². The lowest BCUT2D eigenvalue weighted by Gasteiger charge is -2.06. The number of hydrogen-bond acceptors (Lipinski definition) is 4. The molecule has 152 valence electrons. The number of carbonyl (C=O) groups excluding carboxylic acids is 1. The van der Waals surface area contributed by atoms with Gasteiger partial charge in [0.15, 0.2) is 0 Å². The largest absolute Gasteiger partial charge is 0.347 e. The van der Waals surface area contributed by atoms with Gasteiger partial charge < -0.3 is 5.32 Å². The van der Waals surface area contributed by atoms with Crippen molar-refractivity contribution in [1.29, 1.82) is 0 Å². The van der Waals surface area contributed by atoms with Crippen LogP contribution in [0.25, 0.3) is 16.9 Å². The summed E-state index contributed by atoms with van der Waals surface area (Å²) >= 11 is 3.30. The smallest absolute Gasteiger partial charge is 0.261 e. The Kier molecular flexibility index (Phi) is 6.67. The molecule has 6 heteroatoms. The Bertz CT molecular complexity index is 1090. The van der Waals surface area contributed by atoms with Gasteiger partial charge in [-0.25, -0.2) is 4.68 Å². The average molecular weight is 434 g/mol. The number of benzene rings is 2. The van der Waals surface area contributed by atoms with Gasteiger partial charge in [-0.05, 0) is 47.9 Å². The van der Waals surface area contributed by atoms with E-state index >= 15 is 0 Å². The van der Waals surface area contributed by atoms with E-state index in [9.17, 15) is 4.79 Å². The predicted molar refractivity (Wildman–Crippen MR) is 126 cm³/mol. The summed E-state index contributed by atoms with van der Waals surface area (Å²) in [4.78, 5) is 14.4. The SMILES string of the molecule is CCCSc1ccc(-c2nn(-c3ccccc3)cc2CNC(=O)c2cccs2)cc1. The normalized spacial score (nSPS) is 10.8. The highest BCUT2D eigenvalue weighted by Gasteiger charge is 2.14. The maximum absolute atomic E-state index is 12.4. The number of rotatable bonds is 8. The van der Waals surface area contributed by atoms with Gasteiger partial charge in [-0.3, -0.25) is 4.79 Å². The van der Waals surface area contributed by atoms with Gasteiger partial charge in [0.05, 0.1) is 16.3 Å². The van der Waals surface area contributed by atoms with Crippen molar-refractivity contribution < 1.29 is 4.79 Å². The van der Waals surface area contributed by atoms with Crippen molar-refractivity contribution in [2.75, 3.05) is 5.75 Å². The summed E-state index contributed by atoms with van der Waals surface area (Å²) in [6.07, 6.45) is 3.15. The summed E-state index contributed by atoms with van der Waals surface area (Å²) in [5.74, 6) is 1.05. The second kappa shape index (κ2) is 9.78. The van der Waals surface area contributed by atoms with Crippen molar-refractivity contribution in [3.8, 4) is 16.9 Å². The van der Waals surface area contributed by atoms with Gasteiger partial charge in [0.1, 0.15) is 0 Å². The Labute approximate surface area is 185 Å². The lowest BCUT2D eigenvalue weighted by atomic mass is 10.1. The van der Waals surface area contributed by atoms with Crippen LogP contribution in [0, 0.1) is 0 Å². The van der Waals surface area contributed by atoms with Gasteiger partial charge >= 0.3 is 0 Å². The molecule has 1 N–H and O–H groups in total. The fourth-order valence-corrected chi connectivity index (χ4v) is 4.50. The van der Waals surface area contributed by atoms with Crippen LogP contribution >= 0.6 is 23.1 Å². The van der Waals surface area contributed by atoms with E-state index in [-0.39, 0.29) is 5.91 Å². The first-order chi connectivity index (χ1) is 14.7. The summed E-state index contributed by atoms with van der Waals surface area (Å²) < 4.78 is 1.88. The number of nitrogens with zero attached hydrogens (tertiary/aromatic N) is 2. The zero-order valence-electron chi connectivity index (χ0n) is 16.7. The van der Waals surface area contributed by atoms with Crippen LogP contribution in [-0.4, -0.2) is 21.4 Å². The molecule has 1 amide bonds. The topological polar surface area (TPSA) is 46.9 Å². The quantitative estimate of drug-likeness (QED) is 0.345. The molecule has 2 aromatic carbocycles. The minimum Gasteiger partial charge on any atom is -0.347 e. The van der Waals surface area contributed by atoms with Gasteiger partial charge in [-0.2, -0.15) is 5.10 Å². The maximum atomic E-state index is 12.4.